The highest BCUT2D eigenvalue weighted by atomic mass is 19.4. The van der Waals surface area contributed by atoms with Crippen LogP contribution in [-0.2, 0) is 6.18 Å². The van der Waals surface area contributed by atoms with Gasteiger partial charge < -0.3 is 5.32 Å². The number of rotatable bonds is 2. The molecule has 3 nitrogen and oxygen atoms in total. The second-order valence-electron chi connectivity index (χ2n) is 5.51. The number of aromatic nitrogens is 1. The highest BCUT2D eigenvalue weighted by Gasteiger charge is 2.42. The van der Waals surface area contributed by atoms with E-state index in [0.29, 0.717) is 18.9 Å². The van der Waals surface area contributed by atoms with Gasteiger partial charge in [0.2, 0.25) is 0 Å². The Morgan fingerprint density at radius 2 is 1.83 bits per heavy atom. The van der Waals surface area contributed by atoms with Crippen LogP contribution >= 0.6 is 0 Å². The van der Waals surface area contributed by atoms with Crippen LogP contribution in [-0.4, -0.2) is 23.1 Å². The van der Waals surface area contributed by atoms with E-state index in [4.69, 9.17) is 0 Å². The van der Waals surface area contributed by atoms with Crippen LogP contribution in [0, 0.1) is 5.92 Å². The first-order valence-corrected chi connectivity index (χ1v) is 6.98. The Balaban J connectivity index is 1.99. The first kappa shape index (κ1) is 17.6. The summed E-state index contributed by atoms with van der Waals surface area (Å²) in [6, 6.07) is 0.967. The molecular formula is C14H14F6N2O. The maximum absolute atomic E-state index is 12.7. The van der Waals surface area contributed by atoms with E-state index in [2.05, 4.69) is 10.3 Å². The molecule has 1 heterocycles. The number of hydrogen-bond donors (Lipinski definition) is 1. The van der Waals surface area contributed by atoms with Crippen molar-refractivity contribution < 1.29 is 31.1 Å². The monoisotopic (exact) mass is 340 g/mol. The van der Waals surface area contributed by atoms with Crippen molar-refractivity contribution in [2.75, 3.05) is 0 Å². The Morgan fingerprint density at radius 3 is 2.35 bits per heavy atom. The third-order valence-electron chi connectivity index (χ3n) is 3.79. The van der Waals surface area contributed by atoms with Crippen molar-refractivity contribution >= 4 is 5.91 Å². The van der Waals surface area contributed by atoms with Crippen LogP contribution in [0.3, 0.4) is 0 Å². The van der Waals surface area contributed by atoms with E-state index < -0.39 is 35.9 Å². The molecule has 2 atom stereocenters. The molecule has 0 unspecified atom stereocenters. The molecule has 1 saturated carbocycles. The summed E-state index contributed by atoms with van der Waals surface area (Å²) in [4.78, 5) is 15.1. The number of hydrogen-bond acceptors (Lipinski definition) is 2. The van der Waals surface area contributed by atoms with Crippen molar-refractivity contribution in [2.24, 2.45) is 5.92 Å². The van der Waals surface area contributed by atoms with Gasteiger partial charge in [-0.25, -0.2) is 0 Å². The Kier molecular flexibility index (Phi) is 4.86. The second kappa shape index (κ2) is 6.37. The van der Waals surface area contributed by atoms with Gasteiger partial charge in [0.25, 0.3) is 5.91 Å². The molecule has 0 spiro atoms. The average Bonchev–Trinajstić information content (AvgIpc) is 2.46. The van der Waals surface area contributed by atoms with E-state index in [0.717, 1.165) is 12.3 Å². The van der Waals surface area contributed by atoms with E-state index in [1.54, 1.807) is 0 Å². The predicted molar refractivity (Wildman–Crippen MR) is 68.5 cm³/mol. The topological polar surface area (TPSA) is 42.0 Å². The molecule has 1 amide bonds. The average molecular weight is 340 g/mol. The van der Waals surface area contributed by atoms with Crippen LogP contribution in [0.15, 0.2) is 18.3 Å². The van der Waals surface area contributed by atoms with Crippen molar-refractivity contribution in [3.63, 3.8) is 0 Å². The zero-order valence-corrected chi connectivity index (χ0v) is 11.8. The summed E-state index contributed by atoms with van der Waals surface area (Å²) >= 11 is 0. The summed E-state index contributed by atoms with van der Waals surface area (Å²) in [6.45, 7) is 0. The lowest BCUT2D eigenvalue weighted by Gasteiger charge is -2.31. The number of nitrogens with one attached hydrogen (secondary N) is 1. The van der Waals surface area contributed by atoms with Crippen molar-refractivity contribution in [1.82, 2.24) is 10.3 Å². The van der Waals surface area contributed by atoms with Gasteiger partial charge in [-0.3, -0.25) is 9.78 Å². The smallest absolute Gasteiger partial charge is 0.349 e. The van der Waals surface area contributed by atoms with Gasteiger partial charge in [0, 0.05) is 12.2 Å². The Bertz CT molecular complexity index is 552. The van der Waals surface area contributed by atoms with Gasteiger partial charge in [-0.05, 0) is 31.4 Å². The molecule has 0 aliphatic heterocycles. The molecule has 0 aromatic carbocycles. The van der Waals surface area contributed by atoms with Gasteiger partial charge in [0.15, 0.2) is 0 Å². The summed E-state index contributed by atoms with van der Waals surface area (Å²) in [5, 5.41) is 2.44. The number of halogens is 6. The molecule has 1 aliphatic carbocycles. The van der Waals surface area contributed by atoms with E-state index in [9.17, 15) is 31.1 Å². The molecule has 0 radical (unpaired) electrons. The number of pyridine rings is 1. The zero-order valence-electron chi connectivity index (χ0n) is 11.8. The summed E-state index contributed by atoms with van der Waals surface area (Å²) in [6.07, 6.45) is -7.60. The van der Waals surface area contributed by atoms with E-state index >= 15 is 0 Å². The number of carbonyl (C=O) groups is 1. The molecule has 1 aliphatic rings. The number of carbonyl (C=O) groups excluding carboxylic acids is 1. The van der Waals surface area contributed by atoms with Gasteiger partial charge in [-0.2, -0.15) is 26.3 Å². The molecular weight excluding hydrogens is 326 g/mol. The zero-order chi connectivity index (χ0) is 17.3. The Labute approximate surface area is 128 Å². The van der Waals surface area contributed by atoms with Crippen LogP contribution in [0.4, 0.5) is 26.3 Å². The number of nitrogens with zero attached hydrogens (tertiary/aromatic N) is 1. The van der Waals surface area contributed by atoms with Crippen LogP contribution in [0.25, 0.3) is 0 Å². The normalized spacial score (nSPS) is 22.7. The first-order valence-electron chi connectivity index (χ1n) is 6.98. The van der Waals surface area contributed by atoms with Crippen LogP contribution < -0.4 is 5.32 Å². The lowest BCUT2D eigenvalue weighted by Crippen LogP contribution is -2.41. The van der Waals surface area contributed by atoms with Crippen LogP contribution in [0.2, 0.25) is 0 Å². The minimum Gasteiger partial charge on any atom is -0.349 e. The van der Waals surface area contributed by atoms with Crippen molar-refractivity contribution in [1.29, 1.82) is 0 Å². The first-order chi connectivity index (χ1) is 10.6. The van der Waals surface area contributed by atoms with Crippen LogP contribution in [0.1, 0.15) is 41.7 Å². The van der Waals surface area contributed by atoms with Gasteiger partial charge in [-0.15, -0.1) is 0 Å². The fraction of sp³-hybridized carbons (Fsp3) is 0.571. The molecule has 2 rings (SSSR count). The maximum Gasteiger partial charge on any atom is 0.433 e. The molecule has 1 aromatic heterocycles. The SMILES string of the molecule is O=C(N[C@H]1CCC[C@H](C(F)(F)F)C1)c1ccc(C(F)(F)F)nc1. The highest BCUT2D eigenvalue weighted by Crippen LogP contribution is 2.37. The lowest BCUT2D eigenvalue weighted by atomic mass is 9.85. The molecule has 1 N–H and O–H groups in total. The highest BCUT2D eigenvalue weighted by molar-refractivity contribution is 5.94. The quantitative estimate of drug-likeness (QED) is 0.829. The summed E-state index contributed by atoms with van der Waals surface area (Å²) < 4.78 is 75.2. The third kappa shape index (κ3) is 4.59. The molecule has 1 fully saturated rings. The second-order valence-corrected chi connectivity index (χ2v) is 5.51. The molecule has 0 saturated heterocycles. The summed E-state index contributed by atoms with van der Waals surface area (Å²) in [5.74, 6) is -2.19. The Morgan fingerprint density at radius 1 is 1.13 bits per heavy atom. The molecule has 128 valence electrons. The minimum atomic E-state index is -4.61. The molecule has 1 aromatic rings. The Hall–Kier alpha value is -1.80. The van der Waals surface area contributed by atoms with Crippen LogP contribution in [0.5, 0.6) is 0 Å². The van der Waals surface area contributed by atoms with E-state index in [1.165, 1.54) is 0 Å². The third-order valence-corrected chi connectivity index (χ3v) is 3.79. The molecule has 9 heteroatoms. The maximum atomic E-state index is 12.7. The fourth-order valence-electron chi connectivity index (χ4n) is 2.58. The fourth-order valence-corrected chi connectivity index (χ4v) is 2.58. The molecule has 0 bridgehead atoms. The molecule has 23 heavy (non-hydrogen) atoms. The minimum absolute atomic E-state index is 0.0255. The number of alkyl halides is 6. The van der Waals surface area contributed by atoms with Gasteiger partial charge in [-0.1, -0.05) is 6.42 Å². The van der Waals surface area contributed by atoms with Crippen molar-refractivity contribution in [2.45, 2.75) is 44.1 Å². The van der Waals surface area contributed by atoms with Gasteiger partial charge >= 0.3 is 12.4 Å². The van der Waals surface area contributed by atoms with Crippen molar-refractivity contribution in [3.05, 3.63) is 29.6 Å². The standard InChI is InChI=1S/C14H14F6N2O/c15-13(16,17)9-2-1-3-10(6-9)22-12(23)8-4-5-11(21-7-8)14(18,19)20/h4-5,7,9-10H,1-3,6H2,(H,22,23)/t9-,10-/m0/s1. The van der Waals surface area contributed by atoms with Gasteiger partial charge in [0.1, 0.15) is 5.69 Å². The summed E-state index contributed by atoms with van der Waals surface area (Å²) in [7, 11) is 0. The predicted octanol–water partition coefficient (Wildman–Crippen LogP) is 3.95. The largest absolute Gasteiger partial charge is 0.433 e. The number of amides is 1. The van der Waals surface area contributed by atoms with Crippen molar-refractivity contribution in [3.8, 4) is 0 Å². The van der Waals surface area contributed by atoms with E-state index in [1.807, 2.05) is 0 Å². The lowest BCUT2D eigenvalue weighted by molar-refractivity contribution is -0.183. The van der Waals surface area contributed by atoms with Gasteiger partial charge in [0.05, 0.1) is 11.5 Å². The van der Waals surface area contributed by atoms with E-state index in [-0.39, 0.29) is 18.4 Å². The summed E-state index contributed by atoms with van der Waals surface area (Å²) in [5.41, 5.74) is -1.25.